The SMILES string of the molecule is CC(C)[C@@H]1CCCN(CCC2CCN(CCC#N)CC2)C1. The highest BCUT2D eigenvalue weighted by Gasteiger charge is 2.24. The molecule has 0 aromatic carbocycles. The van der Waals surface area contributed by atoms with Crippen LogP contribution in [0.25, 0.3) is 0 Å². The lowest BCUT2D eigenvalue weighted by molar-refractivity contribution is 0.123. The lowest BCUT2D eigenvalue weighted by Gasteiger charge is -2.37. The van der Waals surface area contributed by atoms with Gasteiger partial charge in [0, 0.05) is 19.5 Å². The fourth-order valence-electron chi connectivity index (χ4n) is 3.91. The Morgan fingerprint density at radius 1 is 1.05 bits per heavy atom. The van der Waals surface area contributed by atoms with E-state index >= 15 is 0 Å². The molecule has 0 saturated carbocycles. The van der Waals surface area contributed by atoms with Gasteiger partial charge in [0.05, 0.1) is 6.07 Å². The summed E-state index contributed by atoms with van der Waals surface area (Å²) in [7, 11) is 0. The van der Waals surface area contributed by atoms with Crippen LogP contribution in [0.5, 0.6) is 0 Å². The van der Waals surface area contributed by atoms with E-state index in [0.717, 1.165) is 24.3 Å². The third kappa shape index (κ3) is 5.60. The molecule has 120 valence electrons. The average Bonchev–Trinajstić information content (AvgIpc) is 2.52. The highest BCUT2D eigenvalue weighted by Crippen LogP contribution is 2.25. The first kappa shape index (κ1) is 16.8. The normalized spacial score (nSPS) is 26.1. The second kappa shape index (κ2) is 8.76. The summed E-state index contributed by atoms with van der Waals surface area (Å²) in [6.07, 6.45) is 7.59. The fraction of sp³-hybridized carbons (Fsp3) is 0.944. The quantitative estimate of drug-likeness (QED) is 0.751. The number of rotatable bonds is 6. The fourth-order valence-corrected chi connectivity index (χ4v) is 3.91. The molecule has 2 aliphatic rings. The van der Waals surface area contributed by atoms with Crippen LogP contribution in [0.2, 0.25) is 0 Å². The highest BCUT2D eigenvalue weighted by molar-refractivity contribution is 4.79. The van der Waals surface area contributed by atoms with Gasteiger partial charge in [0.25, 0.3) is 0 Å². The van der Waals surface area contributed by atoms with Crippen LogP contribution in [0.4, 0.5) is 0 Å². The molecule has 0 radical (unpaired) electrons. The van der Waals surface area contributed by atoms with Gasteiger partial charge in [-0.25, -0.2) is 0 Å². The molecule has 0 N–H and O–H groups in total. The van der Waals surface area contributed by atoms with Crippen LogP contribution in [0.15, 0.2) is 0 Å². The Bertz CT molecular complexity index is 326. The first-order valence-corrected chi connectivity index (χ1v) is 9.00. The average molecular weight is 291 g/mol. The molecular formula is C18H33N3. The van der Waals surface area contributed by atoms with Crippen LogP contribution in [0, 0.1) is 29.1 Å². The van der Waals surface area contributed by atoms with Crippen molar-refractivity contribution in [1.29, 1.82) is 5.26 Å². The van der Waals surface area contributed by atoms with E-state index in [1.54, 1.807) is 0 Å². The molecule has 0 unspecified atom stereocenters. The minimum absolute atomic E-state index is 0.690. The Hall–Kier alpha value is -0.590. The largest absolute Gasteiger partial charge is 0.303 e. The van der Waals surface area contributed by atoms with Crippen molar-refractivity contribution in [2.24, 2.45) is 17.8 Å². The first-order chi connectivity index (χ1) is 10.2. The van der Waals surface area contributed by atoms with Gasteiger partial charge in [0.15, 0.2) is 0 Å². The van der Waals surface area contributed by atoms with Gasteiger partial charge in [-0.3, -0.25) is 0 Å². The molecule has 1 atom stereocenters. The molecular weight excluding hydrogens is 258 g/mol. The van der Waals surface area contributed by atoms with Crippen molar-refractivity contribution in [3.63, 3.8) is 0 Å². The molecule has 0 aromatic rings. The Balaban J connectivity index is 1.62. The Labute approximate surface area is 131 Å². The van der Waals surface area contributed by atoms with Crippen molar-refractivity contribution < 1.29 is 0 Å². The van der Waals surface area contributed by atoms with Gasteiger partial charge in [-0.15, -0.1) is 0 Å². The third-order valence-corrected chi connectivity index (χ3v) is 5.59. The van der Waals surface area contributed by atoms with Gasteiger partial charge >= 0.3 is 0 Å². The molecule has 2 rings (SSSR count). The van der Waals surface area contributed by atoms with Gasteiger partial charge in [-0.05, 0) is 76.0 Å². The van der Waals surface area contributed by atoms with E-state index in [-0.39, 0.29) is 0 Å². The highest BCUT2D eigenvalue weighted by atomic mass is 15.1. The van der Waals surface area contributed by atoms with E-state index < -0.39 is 0 Å². The zero-order valence-electron chi connectivity index (χ0n) is 14.1. The van der Waals surface area contributed by atoms with Crippen LogP contribution < -0.4 is 0 Å². The predicted molar refractivity (Wildman–Crippen MR) is 88.0 cm³/mol. The van der Waals surface area contributed by atoms with Crippen molar-refractivity contribution in [3.05, 3.63) is 0 Å². The Morgan fingerprint density at radius 3 is 2.48 bits per heavy atom. The van der Waals surface area contributed by atoms with Gasteiger partial charge in [-0.1, -0.05) is 13.8 Å². The molecule has 0 bridgehead atoms. The second-order valence-electron chi connectivity index (χ2n) is 7.43. The van der Waals surface area contributed by atoms with E-state index in [2.05, 4.69) is 29.7 Å². The van der Waals surface area contributed by atoms with Gasteiger partial charge < -0.3 is 9.80 Å². The molecule has 3 nitrogen and oxygen atoms in total. The van der Waals surface area contributed by atoms with Crippen molar-refractivity contribution in [2.45, 2.75) is 52.4 Å². The van der Waals surface area contributed by atoms with Crippen molar-refractivity contribution in [2.75, 3.05) is 39.3 Å². The van der Waals surface area contributed by atoms with E-state index in [9.17, 15) is 0 Å². The predicted octanol–water partition coefficient (Wildman–Crippen LogP) is 3.37. The Kier molecular flexibility index (Phi) is 6.99. The second-order valence-corrected chi connectivity index (χ2v) is 7.43. The number of nitriles is 1. The lowest BCUT2D eigenvalue weighted by Crippen LogP contribution is -2.39. The molecule has 0 aromatic heterocycles. The third-order valence-electron chi connectivity index (χ3n) is 5.59. The van der Waals surface area contributed by atoms with Crippen molar-refractivity contribution >= 4 is 0 Å². The molecule has 2 saturated heterocycles. The summed E-state index contributed by atoms with van der Waals surface area (Å²) in [5, 5.41) is 8.66. The minimum Gasteiger partial charge on any atom is -0.303 e. The van der Waals surface area contributed by atoms with Crippen LogP contribution in [-0.2, 0) is 0 Å². The number of likely N-dealkylation sites (tertiary alicyclic amines) is 2. The van der Waals surface area contributed by atoms with E-state index in [1.165, 1.54) is 64.8 Å². The maximum absolute atomic E-state index is 8.66. The lowest BCUT2D eigenvalue weighted by atomic mass is 9.87. The standard InChI is InChI=1S/C18H33N3/c1-16(2)18-5-3-10-21(15-18)14-8-17-6-12-20(13-7-17)11-4-9-19/h16-18H,3-8,10-15H2,1-2H3/t18-/m1/s1. The molecule has 2 aliphatic heterocycles. The van der Waals surface area contributed by atoms with Gasteiger partial charge in [-0.2, -0.15) is 5.26 Å². The Morgan fingerprint density at radius 2 is 1.81 bits per heavy atom. The minimum atomic E-state index is 0.690. The summed E-state index contributed by atoms with van der Waals surface area (Å²) in [5.41, 5.74) is 0. The number of hydrogen-bond donors (Lipinski definition) is 0. The number of hydrogen-bond acceptors (Lipinski definition) is 3. The summed E-state index contributed by atoms with van der Waals surface area (Å²) in [6, 6.07) is 2.26. The van der Waals surface area contributed by atoms with Crippen molar-refractivity contribution in [3.8, 4) is 6.07 Å². The number of nitrogens with zero attached hydrogens (tertiary/aromatic N) is 3. The summed E-state index contributed by atoms with van der Waals surface area (Å²) in [4.78, 5) is 5.19. The summed E-state index contributed by atoms with van der Waals surface area (Å²) >= 11 is 0. The van der Waals surface area contributed by atoms with Gasteiger partial charge in [0.1, 0.15) is 0 Å². The summed E-state index contributed by atoms with van der Waals surface area (Å²) < 4.78 is 0. The maximum Gasteiger partial charge on any atom is 0.0635 e. The van der Waals surface area contributed by atoms with Crippen LogP contribution >= 0.6 is 0 Å². The van der Waals surface area contributed by atoms with Crippen LogP contribution in [0.3, 0.4) is 0 Å². The molecule has 2 fully saturated rings. The molecule has 0 amide bonds. The smallest absolute Gasteiger partial charge is 0.0635 e. The van der Waals surface area contributed by atoms with E-state index in [1.807, 2.05) is 0 Å². The van der Waals surface area contributed by atoms with E-state index in [4.69, 9.17) is 5.26 Å². The summed E-state index contributed by atoms with van der Waals surface area (Å²) in [6.45, 7) is 12.1. The molecule has 2 heterocycles. The summed E-state index contributed by atoms with van der Waals surface area (Å²) in [5.74, 6) is 2.69. The van der Waals surface area contributed by atoms with E-state index in [0.29, 0.717) is 6.42 Å². The molecule has 0 aliphatic carbocycles. The van der Waals surface area contributed by atoms with Crippen LogP contribution in [-0.4, -0.2) is 49.1 Å². The zero-order valence-corrected chi connectivity index (χ0v) is 14.1. The first-order valence-electron chi connectivity index (χ1n) is 9.00. The van der Waals surface area contributed by atoms with Crippen molar-refractivity contribution in [1.82, 2.24) is 9.80 Å². The molecule has 3 heteroatoms. The number of piperidine rings is 2. The molecule has 0 spiro atoms. The molecule has 21 heavy (non-hydrogen) atoms. The van der Waals surface area contributed by atoms with Crippen LogP contribution in [0.1, 0.15) is 52.4 Å². The monoisotopic (exact) mass is 291 g/mol. The zero-order chi connectivity index (χ0) is 15.1. The van der Waals surface area contributed by atoms with Gasteiger partial charge in [0.2, 0.25) is 0 Å². The maximum atomic E-state index is 8.66. The topological polar surface area (TPSA) is 30.3 Å².